The minimum Gasteiger partial charge on any atom is -0.872 e. The zero-order valence-electron chi connectivity index (χ0n) is 39.2. The average Bonchev–Trinajstić information content (AvgIpc) is 3.24. The predicted molar refractivity (Wildman–Crippen MR) is 260 cm³/mol. The number of hydrogen-bond acceptors (Lipinski definition) is 9. The molecule has 0 bridgehead atoms. The molecule has 2 N–H and O–H groups in total. The Kier molecular flexibility index (Phi) is 30.1. The van der Waals surface area contributed by atoms with Gasteiger partial charge in [0, 0.05) is 12.1 Å². The van der Waals surface area contributed by atoms with Gasteiger partial charge in [-0.1, -0.05) is 173 Å². The molecule has 0 aliphatic rings. The van der Waals surface area contributed by atoms with Gasteiger partial charge in [0.05, 0.1) is 9.79 Å². The molecule has 13 heteroatoms. The third kappa shape index (κ3) is 26.9. The first kappa shape index (κ1) is 58.3. The van der Waals surface area contributed by atoms with Gasteiger partial charge in [0.15, 0.2) is 0 Å². The Morgan fingerprint density at radius 1 is 0.462 bits per heavy atom. The number of phenolic OH excluding ortho intramolecular Hbond substituents is 1. The maximum Gasteiger partial charge on any atom is 2.00 e. The molecule has 65 heavy (non-hydrogen) atoms. The van der Waals surface area contributed by atoms with E-state index >= 15 is 0 Å². The molecule has 4 rings (SSSR count). The number of aryl methyl sites for hydroxylation is 2. The molecule has 10 nitrogen and oxygen atoms in total. The predicted octanol–water partition coefficient (Wildman–Crippen LogP) is 14.0. The van der Waals surface area contributed by atoms with Crippen LogP contribution in [0.3, 0.4) is 0 Å². The smallest absolute Gasteiger partial charge is 0.872 e. The maximum atomic E-state index is 11.7. The first-order valence-corrected chi connectivity index (χ1v) is 26.7. The van der Waals surface area contributed by atoms with E-state index in [2.05, 4.69) is 13.8 Å². The molecule has 0 aliphatic heterocycles. The van der Waals surface area contributed by atoms with Crippen molar-refractivity contribution in [3.63, 3.8) is 0 Å². The Morgan fingerprint density at radius 2 is 0.831 bits per heavy atom. The molecule has 0 spiro atoms. The van der Waals surface area contributed by atoms with Crippen LogP contribution < -0.4 is 14.6 Å². The van der Waals surface area contributed by atoms with Crippen LogP contribution in [0.25, 0.3) is 0 Å². The molecule has 0 fully saturated rings. The van der Waals surface area contributed by atoms with Crippen LogP contribution in [0.1, 0.15) is 179 Å². The Morgan fingerprint density at radius 3 is 1.22 bits per heavy atom. The third-order valence-electron chi connectivity index (χ3n) is 11.2. The second-order valence-corrected chi connectivity index (χ2v) is 19.8. The molecule has 4 aromatic carbocycles. The van der Waals surface area contributed by atoms with Crippen LogP contribution in [0, 0.1) is 0 Å². The van der Waals surface area contributed by atoms with Gasteiger partial charge in [0.2, 0.25) is 0 Å². The van der Waals surface area contributed by atoms with E-state index in [4.69, 9.17) is 9.47 Å². The second kappa shape index (κ2) is 33.6. The van der Waals surface area contributed by atoms with Crippen molar-refractivity contribution in [3.8, 4) is 34.5 Å². The van der Waals surface area contributed by atoms with Crippen molar-refractivity contribution >= 4 is 58.0 Å². The first-order valence-electron chi connectivity index (χ1n) is 23.9. The Bertz CT molecular complexity index is 1970. The average molecular weight is 963 g/mol. The molecule has 0 unspecified atom stereocenters. The van der Waals surface area contributed by atoms with Crippen molar-refractivity contribution < 1.29 is 45.6 Å². The van der Waals surface area contributed by atoms with Crippen molar-refractivity contribution in [1.29, 1.82) is 0 Å². The number of rotatable bonds is 32. The monoisotopic (exact) mass is 962 g/mol. The summed E-state index contributed by atoms with van der Waals surface area (Å²) in [7, 11) is -8.93. The van der Waals surface area contributed by atoms with Gasteiger partial charge in [-0.2, -0.15) is 8.42 Å². The van der Waals surface area contributed by atoms with Gasteiger partial charge in [0.25, 0.3) is 10.1 Å². The molecule has 0 heterocycles. The fourth-order valence-electron chi connectivity index (χ4n) is 7.66. The van der Waals surface area contributed by atoms with E-state index in [-0.39, 0.29) is 64.8 Å². The zero-order chi connectivity index (χ0) is 46.5. The minimum atomic E-state index is -4.60. The summed E-state index contributed by atoms with van der Waals surface area (Å²) >= 11 is 0. The summed E-state index contributed by atoms with van der Waals surface area (Å²) < 4.78 is 78.9. The summed E-state index contributed by atoms with van der Waals surface area (Å²) in [6.45, 7) is 4.49. The number of benzene rings is 4. The van der Waals surface area contributed by atoms with Crippen LogP contribution in [0.2, 0.25) is 0 Å². The maximum absolute atomic E-state index is 11.7. The van der Waals surface area contributed by atoms with Gasteiger partial charge in [-0.05, 0) is 91.4 Å². The van der Waals surface area contributed by atoms with E-state index in [1.54, 1.807) is 36.4 Å². The van der Waals surface area contributed by atoms with Gasteiger partial charge in [-0.25, -0.2) is 8.42 Å². The quantitative estimate of drug-likeness (QED) is 0.0272. The molecule has 0 aromatic heterocycles. The van der Waals surface area contributed by atoms with Gasteiger partial charge in [-0.3, -0.25) is 4.55 Å². The van der Waals surface area contributed by atoms with Gasteiger partial charge < -0.3 is 24.2 Å². The molecule has 0 saturated carbocycles. The largest absolute Gasteiger partial charge is 2.00 e. The summed E-state index contributed by atoms with van der Waals surface area (Å²) in [4.78, 5) is -0.480. The Hall–Kier alpha value is -2.84. The SMILES string of the molecule is CCCCCCCCCCCCCCc1cc(Oc2cccc(O)c2)cc(S(=O)(=O)O)c1.CCCCCCCCCCCCCCc1cc(Oc2cccc([O-])c2)cc(S(=O)(=O)[O-])c1.[Ca+2]. The number of unbranched alkanes of at least 4 members (excludes halogenated alkanes) is 22. The molecule has 4 aromatic rings. The van der Waals surface area contributed by atoms with Crippen LogP contribution in [-0.2, 0) is 33.1 Å². The van der Waals surface area contributed by atoms with Gasteiger partial charge in [0.1, 0.15) is 38.9 Å². The summed E-state index contributed by atoms with van der Waals surface area (Å²) in [5.41, 5.74) is 1.56. The Labute approximate surface area is 421 Å². The van der Waals surface area contributed by atoms with Crippen LogP contribution in [0.15, 0.2) is 94.7 Å². The molecule has 0 radical (unpaired) electrons. The number of phenols is 1. The summed E-state index contributed by atoms with van der Waals surface area (Å²) in [5, 5.41) is 21.1. The molecule has 0 aliphatic carbocycles. The summed E-state index contributed by atoms with van der Waals surface area (Å²) in [5.74, 6) is 1.14. The Balaban J connectivity index is 0.000000440. The number of ether oxygens (including phenoxy) is 2. The molecular formula is C52H74CaO10S2. The summed E-state index contributed by atoms with van der Waals surface area (Å²) in [6.07, 6.45) is 31.6. The topological polar surface area (TPSA) is 173 Å². The van der Waals surface area contributed by atoms with E-state index in [0.29, 0.717) is 23.7 Å². The molecule has 0 atom stereocenters. The molecule has 0 saturated heterocycles. The van der Waals surface area contributed by atoms with Gasteiger partial charge in [-0.15, -0.1) is 5.75 Å². The molecular weight excluding hydrogens is 889 g/mol. The van der Waals surface area contributed by atoms with Gasteiger partial charge >= 0.3 is 37.7 Å². The number of aromatic hydroxyl groups is 1. The van der Waals surface area contributed by atoms with E-state index in [0.717, 1.165) is 49.7 Å². The van der Waals surface area contributed by atoms with Crippen LogP contribution in [0.4, 0.5) is 0 Å². The van der Waals surface area contributed by atoms with Crippen LogP contribution >= 0.6 is 0 Å². The van der Waals surface area contributed by atoms with E-state index < -0.39 is 20.2 Å². The normalized spacial score (nSPS) is 11.4. The van der Waals surface area contributed by atoms with E-state index in [9.17, 15) is 36.2 Å². The van der Waals surface area contributed by atoms with Crippen LogP contribution in [0.5, 0.6) is 34.5 Å². The van der Waals surface area contributed by atoms with Crippen molar-refractivity contribution in [2.75, 3.05) is 0 Å². The van der Waals surface area contributed by atoms with Crippen molar-refractivity contribution in [2.24, 2.45) is 0 Å². The molecule has 0 amide bonds. The standard InChI is InChI=1S/2C26H38O5S.Ca/c2*1-2-3-4-5-6-7-8-9-10-11-12-13-15-22-18-25(21-26(19-22)32(28,29)30)31-24-17-14-16-23(27)20-24;/h2*14,16-21,27H,2-13,15H2,1H3,(H,28,29,30);/q;;+2/p-2. The zero-order valence-corrected chi connectivity index (χ0v) is 43.0. The van der Waals surface area contributed by atoms with E-state index in [1.165, 1.54) is 171 Å². The minimum absolute atomic E-state index is 0. The second-order valence-electron chi connectivity index (χ2n) is 17.0. The van der Waals surface area contributed by atoms with Crippen molar-refractivity contribution in [1.82, 2.24) is 0 Å². The first-order chi connectivity index (χ1) is 30.8. The van der Waals surface area contributed by atoms with Crippen molar-refractivity contribution in [2.45, 2.75) is 191 Å². The van der Waals surface area contributed by atoms with Crippen LogP contribution in [-0.4, -0.2) is 68.8 Å². The van der Waals surface area contributed by atoms with Crippen molar-refractivity contribution in [3.05, 3.63) is 96.1 Å². The van der Waals surface area contributed by atoms with E-state index in [1.807, 2.05) is 0 Å². The summed E-state index contributed by atoms with van der Waals surface area (Å²) in [6, 6.07) is 21.2. The number of hydrogen-bond donors (Lipinski definition) is 2. The fraction of sp³-hybridized carbons (Fsp3) is 0.538. The fourth-order valence-corrected chi connectivity index (χ4v) is 8.78. The molecule has 356 valence electrons. The third-order valence-corrected chi connectivity index (χ3v) is 12.8.